The molecule has 1 aromatic carbocycles. The van der Waals surface area contributed by atoms with Crippen LogP contribution in [0.25, 0.3) is 0 Å². The molecule has 0 bridgehead atoms. The second kappa shape index (κ2) is 5.38. The van der Waals surface area contributed by atoms with Crippen molar-refractivity contribution in [1.29, 1.82) is 0 Å². The van der Waals surface area contributed by atoms with Crippen molar-refractivity contribution in [3.05, 3.63) is 29.6 Å². The van der Waals surface area contributed by atoms with Gasteiger partial charge in [0.1, 0.15) is 5.82 Å². The van der Waals surface area contributed by atoms with Gasteiger partial charge in [0, 0.05) is 18.2 Å². The summed E-state index contributed by atoms with van der Waals surface area (Å²) >= 11 is 0. The Labute approximate surface area is 111 Å². The van der Waals surface area contributed by atoms with E-state index < -0.39 is 11.7 Å². The summed E-state index contributed by atoms with van der Waals surface area (Å²) in [6.07, 6.45) is 0.918. The van der Waals surface area contributed by atoms with E-state index in [4.69, 9.17) is 0 Å². The molecule has 1 aliphatic rings. The number of carbonyl (C=O) groups excluding carboxylic acids is 2. The predicted octanol–water partition coefficient (Wildman–Crippen LogP) is 2.17. The summed E-state index contributed by atoms with van der Waals surface area (Å²) < 4.78 is 13.2. The van der Waals surface area contributed by atoms with Crippen LogP contribution in [0.1, 0.15) is 38.2 Å². The first-order valence-electron chi connectivity index (χ1n) is 6.41. The minimum Gasteiger partial charge on any atom is -0.353 e. The van der Waals surface area contributed by atoms with Crippen LogP contribution in [0.5, 0.6) is 0 Å². The Kier molecular flexibility index (Phi) is 3.83. The third-order valence-corrected chi connectivity index (χ3v) is 3.37. The highest BCUT2D eigenvalue weighted by Crippen LogP contribution is 2.32. The Balaban J connectivity index is 2.27. The fraction of sp³-hybridized carbons (Fsp3) is 0.429. The van der Waals surface area contributed by atoms with Gasteiger partial charge in [-0.05, 0) is 31.0 Å². The van der Waals surface area contributed by atoms with Crippen LogP contribution in [0.4, 0.5) is 10.1 Å². The van der Waals surface area contributed by atoms with E-state index in [0.29, 0.717) is 11.3 Å². The van der Waals surface area contributed by atoms with Gasteiger partial charge in [-0.3, -0.25) is 9.59 Å². The lowest BCUT2D eigenvalue weighted by Gasteiger charge is -2.26. The van der Waals surface area contributed by atoms with Gasteiger partial charge in [-0.15, -0.1) is 0 Å². The minimum absolute atomic E-state index is 0.0568. The molecule has 2 unspecified atom stereocenters. The predicted molar refractivity (Wildman–Crippen MR) is 70.3 cm³/mol. The van der Waals surface area contributed by atoms with Gasteiger partial charge in [0.2, 0.25) is 11.8 Å². The summed E-state index contributed by atoms with van der Waals surface area (Å²) in [5.41, 5.74) is 1.06. The van der Waals surface area contributed by atoms with Crippen molar-refractivity contribution < 1.29 is 14.0 Å². The van der Waals surface area contributed by atoms with Gasteiger partial charge in [-0.1, -0.05) is 13.0 Å². The van der Waals surface area contributed by atoms with Crippen molar-refractivity contribution in [3.63, 3.8) is 0 Å². The van der Waals surface area contributed by atoms with Crippen LogP contribution in [-0.4, -0.2) is 17.9 Å². The topological polar surface area (TPSA) is 58.2 Å². The molecule has 2 rings (SSSR count). The van der Waals surface area contributed by atoms with Gasteiger partial charge in [-0.25, -0.2) is 4.39 Å². The summed E-state index contributed by atoms with van der Waals surface area (Å²) in [4.78, 5) is 23.8. The van der Waals surface area contributed by atoms with Crippen LogP contribution >= 0.6 is 0 Å². The molecule has 1 heterocycles. The summed E-state index contributed by atoms with van der Waals surface area (Å²) in [5.74, 6) is -1.42. The van der Waals surface area contributed by atoms with Crippen LogP contribution < -0.4 is 10.6 Å². The zero-order chi connectivity index (χ0) is 14.0. The smallest absolute Gasteiger partial charge is 0.228 e. The van der Waals surface area contributed by atoms with Crippen LogP contribution in [0, 0.1) is 5.82 Å². The molecule has 1 aromatic rings. The number of fused-ring (bicyclic) bond motifs is 1. The highest BCUT2D eigenvalue weighted by atomic mass is 19.1. The van der Waals surface area contributed by atoms with Crippen LogP contribution in [-0.2, 0) is 9.59 Å². The molecule has 1 aliphatic heterocycles. The third kappa shape index (κ3) is 2.92. The number of halogens is 1. The molecule has 102 valence electrons. The van der Waals surface area contributed by atoms with E-state index in [2.05, 4.69) is 10.6 Å². The molecule has 0 spiro atoms. The Hall–Kier alpha value is -1.91. The van der Waals surface area contributed by atoms with E-state index in [-0.39, 0.29) is 24.3 Å². The molecular weight excluding hydrogens is 247 g/mol. The molecule has 4 nitrogen and oxygen atoms in total. The highest BCUT2D eigenvalue weighted by Gasteiger charge is 2.31. The maximum Gasteiger partial charge on any atom is 0.228 e. The van der Waals surface area contributed by atoms with E-state index >= 15 is 0 Å². The lowest BCUT2D eigenvalue weighted by molar-refractivity contribution is -0.126. The van der Waals surface area contributed by atoms with E-state index in [0.717, 1.165) is 6.42 Å². The van der Waals surface area contributed by atoms with Crippen molar-refractivity contribution in [3.8, 4) is 0 Å². The van der Waals surface area contributed by atoms with Crippen molar-refractivity contribution in [1.82, 2.24) is 5.32 Å². The lowest BCUT2D eigenvalue weighted by Crippen LogP contribution is -2.39. The third-order valence-electron chi connectivity index (χ3n) is 3.37. The molecule has 0 aliphatic carbocycles. The molecule has 0 fully saturated rings. The monoisotopic (exact) mass is 264 g/mol. The van der Waals surface area contributed by atoms with Crippen LogP contribution in [0.15, 0.2) is 18.2 Å². The number of nitrogens with one attached hydrogen (secondary N) is 2. The highest BCUT2D eigenvalue weighted by molar-refractivity contribution is 6.01. The second-order valence-corrected chi connectivity index (χ2v) is 4.85. The van der Waals surface area contributed by atoms with Crippen LogP contribution in [0.2, 0.25) is 0 Å². The number of rotatable bonds is 3. The second-order valence-electron chi connectivity index (χ2n) is 4.85. The zero-order valence-electron chi connectivity index (χ0n) is 11.0. The first-order valence-corrected chi connectivity index (χ1v) is 6.41. The summed E-state index contributed by atoms with van der Waals surface area (Å²) in [5, 5.41) is 5.46. The molecule has 0 saturated heterocycles. The van der Waals surface area contributed by atoms with Gasteiger partial charge >= 0.3 is 0 Å². The van der Waals surface area contributed by atoms with Gasteiger partial charge in [-0.2, -0.15) is 0 Å². The Morgan fingerprint density at radius 1 is 1.58 bits per heavy atom. The number of hydrogen-bond acceptors (Lipinski definition) is 2. The Morgan fingerprint density at radius 3 is 3.00 bits per heavy atom. The van der Waals surface area contributed by atoms with E-state index in [1.807, 2.05) is 13.8 Å². The molecule has 0 saturated carbocycles. The summed E-state index contributed by atoms with van der Waals surface area (Å²) in [7, 11) is 0. The average Bonchev–Trinajstić information content (AvgIpc) is 2.36. The number of carbonyl (C=O) groups is 2. The molecule has 2 N–H and O–H groups in total. The first-order chi connectivity index (χ1) is 9.01. The summed E-state index contributed by atoms with van der Waals surface area (Å²) in [6.45, 7) is 3.88. The largest absolute Gasteiger partial charge is 0.353 e. The molecule has 5 heteroatoms. The lowest BCUT2D eigenvalue weighted by atomic mass is 9.89. The number of hydrogen-bond donors (Lipinski definition) is 2. The minimum atomic E-state index is -0.543. The van der Waals surface area contributed by atoms with Gasteiger partial charge < -0.3 is 10.6 Å². The standard InChI is InChI=1S/C14H17FN2O2/c1-3-8(2)16-14(19)11-7-13(18)17-12-6-9(15)4-5-10(11)12/h4-6,8,11H,3,7H2,1-2H3,(H,16,19)(H,17,18). The average molecular weight is 264 g/mol. The first kappa shape index (κ1) is 13.5. The Morgan fingerprint density at radius 2 is 2.32 bits per heavy atom. The normalized spacial score (nSPS) is 19.3. The quantitative estimate of drug-likeness (QED) is 0.879. The fourth-order valence-electron chi connectivity index (χ4n) is 2.12. The van der Waals surface area contributed by atoms with Crippen molar-refractivity contribution in [2.75, 3.05) is 5.32 Å². The SMILES string of the molecule is CCC(C)NC(=O)C1CC(=O)Nc2cc(F)ccc21. The van der Waals surface area contributed by atoms with Crippen molar-refractivity contribution in [2.24, 2.45) is 0 Å². The fourth-order valence-corrected chi connectivity index (χ4v) is 2.12. The molecular formula is C14H17FN2O2. The van der Waals surface area contributed by atoms with E-state index in [1.165, 1.54) is 12.1 Å². The van der Waals surface area contributed by atoms with Gasteiger partial charge in [0.15, 0.2) is 0 Å². The Bertz CT molecular complexity index is 516. The molecule has 0 radical (unpaired) electrons. The maximum absolute atomic E-state index is 13.2. The van der Waals surface area contributed by atoms with E-state index in [1.54, 1.807) is 6.07 Å². The molecule has 0 aromatic heterocycles. The van der Waals surface area contributed by atoms with Crippen molar-refractivity contribution in [2.45, 2.75) is 38.6 Å². The number of anilines is 1. The van der Waals surface area contributed by atoms with Gasteiger partial charge in [0.05, 0.1) is 5.92 Å². The van der Waals surface area contributed by atoms with E-state index in [9.17, 15) is 14.0 Å². The molecule has 2 amide bonds. The summed E-state index contributed by atoms with van der Waals surface area (Å²) in [6, 6.07) is 4.17. The zero-order valence-corrected chi connectivity index (χ0v) is 11.0. The number of amides is 2. The number of benzene rings is 1. The molecule has 2 atom stereocenters. The van der Waals surface area contributed by atoms with Crippen molar-refractivity contribution >= 4 is 17.5 Å². The molecule has 19 heavy (non-hydrogen) atoms. The maximum atomic E-state index is 13.2. The van der Waals surface area contributed by atoms with Crippen LogP contribution in [0.3, 0.4) is 0 Å². The van der Waals surface area contributed by atoms with Gasteiger partial charge in [0.25, 0.3) is 0 Å².